The number of methoxy groups -OCH3 is 1. The molecular formula is C21H19FN2O3. The molecule has 0 fully saturated rings. The quantitative estimate of drug-likeness (QED) is 0.691. The van der Waals surface area contributed by atoms with Gasteiger partial charge < -0.3 is 14.2 Å². The first-order valence-electron chi connectivity index (χ1n) is 8.60. The lowest BCUT2D eigenvalue weighted by Gasteiger charge is -2.14. The fourth-order valence-electron chi connectivity index (χ4n) is 3.74. The molecule has 6 heteroatoms. The number of fused-ring (bicyclic) bond motifs is 1. The lowest BCUT2D eigenvalue weighted by Crippen LogP contribution is -2.18. The summed E-state index contributed by atoms with van der Waals surface area (Å²) in [6.07, 6.45) is 0. The maximum Gasteiger partial charge on any atom is 0.254 e. The summed E-state index contributed by atoms with van der Waals surface area (Å²) >= 11 is 0. The zero-order chi connectivity index (χ0) is 19.3. The second-order valence-electron chi connectivity index (χ2n) is 6.76. The lowest BCUT2D eigenvalue weighted by molar-refractivity contribution is 0.0817. The molecule has 0 saturated carbocycles. The normalized spacial score (nSPS) is 13.2. The highest BCUT2D eigenvalue weighted by Crippen LogP contribution is 2.41. The van der Waals surface area contributed by atoms with Crippen LogP contribution in [-0.4, -0.2) is 30.1 Å². The van der Waals surface area contributed by atoms with Crippen LogP contribution >= 0.6 is 0 Å². The highest BCUT2D eigenvalue weighted by molar-refractivity contribution is 6.06. The van der Waals surface area contributed by atoms with Crippen LogP contribution in [0.1, 0.15) is 27.4 Å². The van der Waals surface area contributed by atoms with Crippen molar-refractivity contribution in [1.82, 2.24) is 10.1 Å². The zero-order valence-electron chi connectivity index (χ0n) is 15.6. The van der Waals surface area contributed by atoms with Gasteiger partial charge in [0, 0.05) is 30.8 Å². The molecule has 4 rings (SSSR count). The molecule has 0 aliphatic carbocycles. The van der Waals surface area contributed by atoms with Gasteiger partial charge in [0.2, 0.25) is 0 Å². The van der Waals surface area contributed by atoms with Crippen LogP contribution in [0, 0.1) is 19.7 Å². The van der Waals surface area contributed by atoms with E-state index >= 15 is 0 Å². The van der Waals surface area contributed by atoms with Crippen molar-refractivity contribution in [3.63, 3.8) is 0 Å². The number of aromatic nitrogens is 1. The number of ether oxygens (including phenoxy) is 1. The minimum Gasteiger partial charge on any atom is -0.496 e. The van der Waals surface area contributed by atoms with Gasteiger partial charge in [0.15, 0.2) is 0 Å². The molecule has 5 nitrogen and oxygen atoms in total. The Balaban J connectivity index is 2.03. The van der Waals surface area contributed by atoms with E-state index in [1.54, 1.807) is 18.0 Å². The number of nitrogens with zero attached hydrogens (tertiary/aromatic N) is 2. The number of benzene rings is 2. The van der Waals surface area contributed by atoms with E-state index in [0.717, 1.165) is 22.4 Å². The lowest BCUT2D eigenvalue weighted by atomic mass is 9.90. The maximum atomic E-state index is 13.7. The third-order valence-electron chi connectivity index (χ3n) is 4.96. The summed E-state index contributed by atoms with van der Waals surface area (Å²) in [6, 6.07) is 8.27. The first-order chi connectivity index (χ1) is 12.9. The molecule has 0 N–H and O–H groups in total. The molecule has 0 bridgehead atoms. The van der Waals surface area contributed by atoms with E-state index in [2.05, 4.69) is 5.16 Å². The standard InChI is InChI=1S/C21H19FN2O3/c1-11-19(12(2)27-23-11)13-7-14-10-24(3)21(25)20(14)17(8-13)16-6-5-15(22)9-18(16)26-4/h5-9H,10H2,1-4H3. The maximum absolute atomic E-state index is 13.7. The Kier molecular flexibility index (Phi) is 3.98. The fraction of sp³-hybridized carbons (Fsp3) is 0.238. The molecule has 0 spiro atoms. The van der Waals surface area contributed by atoms with Gasteiger partial charge in [0.25, 0.3) is 5.91 Å². The van der Waals surface area contributed by atoms with Gasteiger partial charge in [-0.25, -0.2) is 4.39 Å². The second kappa shape index (κ2) is 6.23. The van der Waals surface area contributed by atoms with E-state index in [9.17, 15) is 9.18 Å². The molecular weight excluding hydrogens is 347 g/mol. The van der Waals surface area contributed by atoms with Crippen molar-refractivity contribution in [3.8, 4) is 28.0 Å². The third-order valence-corrected chi connectivity index (χ3v) is 4.96. The van der Waals surface area contributed by atoms with Crippen molar-refractivity contribution < 1.29 is 18.4 Å². The Bertz CT molecular complexity index is 1050. The molecule has 3 aromatic rings. The van der Waals surface area contributed by atoms with Gasteiger partial charge in [-0.2, -0.15) is 0 Å². The number of hydrogen-bond acceptors (Lipinski definition) is 4. The van der Waals surface area contributed by atoms with Crippen molar-refractivity contribution in [2.75, 3.05) is 14.2 Å². The molecule has 0 unspecified atom stereocenters. The van der Waals surface area contributed by atoms with E-state index in [1.165, 1.54) is 19.2 Å². The van der Waals surface area contributed by atoms with Gasteiger partial charge in [0.1, 0.15) is 17.3 Å². The van der Waals surface area contributed by atoms with Crippen molar-refractivity contribution in [2.24, 2.45) is 0 Å². The summed E-state index contributed by atoms with van der Waals surface area (Å²) in [7, 11) is 3.26. The number of amides is 1. The number of hydrogen-bond donors (Lipinski definition) is 0. The number of halogens is 1. The van der Waals surface area contributed by atoms with Crippen LogP contribution in [0.15, 0.2) is 34.9 Å². The van der Waals surface area contributed by atoms with Crippen molar-refractivity contribution in [1.29, 1.82) is 0 Å². The summed E-state index contributed by atoms with van der Waals surface area (Å²) in [6.45, 7) is 4.26. The highest BCUT2D eigenvalue weighted by atomic mass is 19.1. The van der Waals surface area contributed by atoms with Crippen LogP contribution in [0.25, 0.3) is 22.3 Å². The fourth-order valence-corrected chi connectivity index (χ4v) is 3.74. The smallest absolute Gasteiger partial charge is 0.254 e. The molecule has 1 amide bonds. The van der Waals surface area contributed by atoms with Gasteiger partial charge in [0.05, 0.1) is 18.4 Å². The van der Waals surface area contributed by atoms with Gasteiger partial charge in [-0.3, -0.25) is 4.79 Å². The van der Waals surface area contributed by atoms with Crippen molar-refractivity contribution in [2.45, 2.75) is 20.4 Å². The number of carbonyl (C=O) groups excluding carboxylic acids is 1. The van der Waals surface area contributed by atoms with E-state index in [4.69, 9.17) is 9.26 Å². The summed E-state index contributed by atoms with van der Waals surface area (Å²) in [4.78, 5) is 14.4. The summed E-state index contributed by atoms with van der Waals surface area (Å²) < 4.78 is 24.4. The summed E-state index contributed by atoms with van der Waals surface area (Å²) in [5.41, 5.74) is 5.53. The van der Waals surface area contributed by atoms with Crippen LogP contribution in [0.2, 0.25) is 0 Å². The zero-order valence-corrected chi connectivity index (χ0v) is 15.6. The summed E-state index contributed by atoms with van der Waals surface area (Å²) in [5, 5.41) is 4.04. The Hall–Kier alpha value is -3.15. The van der Waals surface area contributed by atoms with Gasteiger partial charge in [-0.15, -0.1) is 0 Å². The Morgan fingerprint density at radius 3 is 2.59 bits per heavy atom. The predicted octanol–water partition coefficient (Wildman–Crippen LogP) is 4.36. The van der Waals surface area contributed by atoms with Crippen molar-refractivity contribution >= 4 is 5.91 Å². The number of rotatable bonds is 3. The predicted molar refractivity (Wildman–Crippen MR) is 99.2 cm³/mol. The largest absolute Gasteiger partial charge is 0.496 e. The molecule has 0 atom stereocenters. The molecule has 138 valence electrons. The minimum atomic E-state index is -0.391. The Morgan fingerprint density at radius 2 is 1.93 bits per heavy atom. The van der Waals surface area contributed by atoms with Crippen LogP contribution in [-0.2, 0) is 6.54 Å². The second-order valence-corrected chi connectivity index (χ2v) is 6.76. The van der Waals surface area contributed by atoms with Gasteiger partial charge in [-0.05, 0) is 54.8 Å². The van der Waals surface area contributed by atoms with Crippen LogP contribution in [0.4, 0.5) is 4.39 Å². The van der Waals surface area contributed by atoms with Crippen molar-refractivity contribution in [3.05, 3.63) is 58.7 Å². The first kappa shape index (κ1) is 17.3. The topological polar surface area (TPSA) is 55.6 Å². The van der Waals surface area contributed by atoms with Crippen LogP contribution < -0.4 is 4.74 Å². The van der Waals surface area contributed by atoms with E-state index in [1.807, 2.05) is 26.0 Å². The molecule has 27 heavy (non-hydrogen) atoms. The average molecular weight is 366 g/mol. The average Bonchev–Trinajstić information content (AvgIpc) is 3.12. The Labute approximate surface area is 156 Å². The highest BCUT2D eigenvalue weighted by Gasteiger charge is 2.30. The number of aryl methyl sites for hydroxylation is 2. The molecule has 1 aliphatic heterocycles. The Morgan fingerprint density at radius 1 is 1.15 bits per heavy atom. The molecule has 1 aromatic heterocycles. The van der Waals surface area contributed by atoms with E-state index in [0.29, 0.717) is 34.7 Å². The number of carbonyl (C=O) groups is 1. The van der Waals surface area contributed by atoms with Crippen LogP contribution in [0.5, 0.6) is 5.75 Å². The SMILES string of the molecule is COc1cc(F)ccc1-c1cc(-c2c(C)noc2C)cc2c1C(=O)N(C)C2. The summed E-state index contributed by atoms with van der Waals surface area (Å²) in [5.74, 6) is 0.645. The first-order valence-corrected chi connectivity index (χ1v) is 8.60. The molecule has 0 saturated heterocycles. The van der Waals surface area contributed by atoms with Gasteiger partial charge in [-0.1, -0.05) is 5.16 Å². The third kappa shape index (κ3) is 2.68. The minimum absolute atomic E-state index is 0.0586. The van der Waals surface area contributed by atoms with E-state index < -0.39 is 5.82 Å². The molecule has 2 aromatic carbocycles. The molecule has 2 heterocycles. The van der Waals surface area contributed by atoms with Gasteiger partial charge >= 0.3 is 0 Å². The molecule has 1 aliphatic rings. The van der Waals surface area contributed by atoms with Crippen LogP contribution in [0.3, 0.4) is 0 Å². The monoisotopic (exact) mass is 366 g/mol. The molecule has 0 radical (unpaired) electrons. The van der Waals surface area contributed by atoms with E-state index in [-0.39, 0.29) is 5.91 Å².